The van der Waals surface area contributed by atoms with E-state index >= 15 is 0 Å². The highest BCUT2D eigenvalue weighted by molar-refractivity contribution is 14.1. The number of hydrogen-bond acceptors (Lipinski definition) is 0. The molecule has 1 rings (SSSR count). The van der Waals surface area contributed by atoms with Gasteiger partial charge in [0.05, 0.1) is 3.57 Å². The van der Waals surface area contributed by atoms with Crippen LogP contribution < -0.4 is 0 Å². The Morgan fingerprint density at radius 2 is 2.11 bits per heavy atom. The molecule has 0 aliphatic carbocycles. The van der Waals surface area contributed by atoms with Crippen molar-refractivity contribution < 1.29 is 8.78 Å². The average molecular weight is 239 g/mol. The van der Waals surface area contributed by atoms with Crippen LogP contribution in [0.1, 0.15) is 0 Å². The van der Waals surface area contributed by atoms with Crippen LogP contribution in [0.2, 0.25) is 0 Å². The first-order chi connectivity index (χ1) is 4.20. The summed E-state index contributed by atoms with van der Waals surface area (Å²) in [7, 11) is 0. The summed E-state index contributed by atoms with van der Waals surface area (Å²) >= 11 is 1.71. The Balaban J connectivity index is 3.17. The maximum absolute atomic E-state index is 12.3. The van der Waals surface area contributed by atoms with Crippen LogP contribution in [0.25, 0.3) is 0 Å². The summed E-state index contributed by atoms with van der Waals surface area (Å²) in [6.45, 7) is 0. The molecule has 0 atom stereocenters. The molecule has 1 aromatic rings. The molecule has 0 saturated carbocycles. The molecule has 1 aromatic carbocycles. The molecule has 0 spiro atoms. The van der Waals surface area contributed by atoms with Crippen molar-refractivity contribution in [2.45, 2.75) is 0 Å². The largest absolute Gasteiger partial charge is 0.206 e. The van der Waals surface area contributed by atoms with Crippen LogP contribution in [-0.2, 0) is 0 Å². The molecule has 0 aliphatic heterocycles. The third-order valence-electron chi connectivity index (χ3n) is 0.818. The van der Waals surface area contributed by atoms with E-state index in [9.17, 15) is 8.78 Å². The Hall–Kier alpha value is -0.190. The molecule has 47 valence electrons. The van der Waals surface area contributed by atoms with Gasteiger partial charge in [-0.1, -0.05) is 0 Å². The molecule has 0 N–H and O–H groups in total. The minimum Gasteiger partial charge on any atom is -0.206 e. The molecule has 0 unspecified atom stereocenters. The molecule has 0 fully saturated rings. The van der Waals surface area contributed by atoms with Gasteiger partial charge in [-0.25, -0.2) is 8.78 Å². The SMILES string of the molecule is Fc1[c]cc(F)c(I)c1. The molecule has 0 bridgehead atoms. The topological polar surface area (TPSA) is 0 Å². The van der Waals surface area contributed by atoms with Gasteiger partial charge < -0.3 is 0 Å². The average Bonchev–Trinajstić information content (AvgIpc) is 1.80. The second-order valence-electron chi connectivity index (χ2n) is 1.48. The standard InChI is InChI=1S/C6H2F2I/c7-4-1-2-5(8)6(9)3-4/h2-3H. The van der Waals surface area contributed by atoms with Crippen LogP contribution in [0.15, 0.2) is 12.1 Å². The zero-order chi connectivity index (χ0) is 6.85. The Morgan fingerprint density at radius 3 is 2.56 bits per heavy atom. The van der Waals surface area contributed by atoms with Crippen molar-refractivity contribution in [3.05, 3.63) is 33.4 Å². The summed E-state index contributed by atoms with van der Waals surface area (Å²) in [5.41, 5.74) is 0. The fourth-order valence-electron chi connectivity index (χ4n) is 0.423. The minimum atomic E-state index is -0.527. The third-order valence-corrected chi connectivity index (χ3v) is 1.65. The lowest BCUT2D eigenvalue weighted by atomic mass is 10.3. The molecule has 3 heteroatoms. The zero-order valence-electron chi connectivity index (χ0n) is 4.29. The zero-order valence-corrected chi connectivity index (χ0v) is 6.45. The number of benzene rings is 1. The summed E-state index contributed by atoms with van der Waals surface area (Å²) in [6.07, 6.45) is 0. The third kappa shape index (κ3) is 1.61. The Bertz CT molecular complexity index is 222. The predicted octanol–water partition coefficient (Wildman–Crippen LogP) is 2.37. The highest BCUT2D eigenvalue weighted by Gasteiger charge is 1.97. The van der Waals surface area contributed by atoms with Gasteiger partial charge in [-0.05, 0) is 34.7 Å². The number of halogens is 3. The smallest absolute Gasteiger partial charge is 0.137 e. The van der Waals surface area contributed by atoms with Gasteiger partial charge in [0.25, 0.3) is 0 Å². The van der Waals surface area contributed by atoms with E-state index in [2.05, 4.69) is 6.07 Å². The summed E-state index contributed by atoms with van der Waals surface area (Å²) in [5, 5.41) is 0. The van der Waals surface area contributed by atoms with E-state index in [-0.39, 0.29) is 3.57 Å². The van der Waals surface area contributed by atoms with Gasteiger partial charge in [-0.3, -0.25) is 0 Å². The quantitative estimate of drug-likeness (QED) is 0.481. The number of rotatable bonds is 0. The molecule has 0 amide bonds. The van der Waals surface area contributed by atoms with Crippen LogP contribution in [0.5, 0.6) is 0 Å². The van der Waals surface area contributed by atoms with Crippen molar-refractivity contribution >= 4 is 22.6 Å². The normalized spacial score (nSPS) is 9.67. The van der Waals surface area contributed by atoms with E-state index < -0.39 is 11.6 Å². The van der Waals surface area contributed by atoms with E-state index in [0.29, 0.717) is 0 Å². The van der Waals surface area contributed by atoms with Crippen LogP contribution >= 0.6 is 22.6 Å². The highest BCUT2D eigenvalue weighted by atomic mass is 127. The summed E-state index contributed by atoms with van der Waals surface area (Å²) < 4.78 is 24.7. The van der Waals surface area contributed by atoms with E-state index in [1.807, 2.05) is 0 Å². The summed E-state index contributed by atoms with van der Waals surface area (Å²) in [6, 6.07) is 4.17. The molecule has 1 radical (unpaired) electrons. The Labute approximate surface area is 65.0 Å². The molecule has 9 heavy (non-hydrogen) atoms. The van der Waals surface area contributed by atoms with E-state index in [0.717, 1.165) is 12.1 Å². The molecular weight excluding hydrogens is 237 g/mol. The maximum atomic E-state index is 12.3. The Morgan fingerprint density at radius 1 is 1.44 bits per heavy atom. The lowest BCUT2D eigenvalue weighted by molar-refractivity contribution is 0.592. The van der Waals surface area contributed by atoms with Crippen molar-refractivity contribution in [3.8, 4) is 0 Å². The van der Waals surface area contributed by atoms with Gasteiger partial charge in [0.2, 0.25) is 0 Å². The molecular formula is C6H2F2I. The highest BCUT2D eigenvalue weighted by Crippen LogP contribution is 2.10. The van der Waals surface area contributed by atoms with Gasteiger partial charge in [-0.2, -0.15) is 0 Å². The van der Waals surface area contributed by atoms with E-state index in [1.165, 1.54) is 0 Å². The molecule has 0 nitrogen and oxygen atoms in total. The predicted molar refractivity (Wildman–Crippen MR) is 37.9 cm³/mol. The lowest BCUT2D eigenvalue weighted by Crippen LogP contribution is -1.82. The van der Waals surface area contributed by atoms with E-state index in [4.69, 9.17) is 0 Å². The van der Waals surface area contributed by atoms with Crippen LogP contribution in [0.3, 0.4) is 0 Å². The fraction of sp³-hybridized carbons (Fsp3) is 0. The summed E-state index contributed by atoms with van der Waals surface area (Å²) in [5.74, 6) is -0.960. The first-order valence-corrected chi connectivity index (χ1v) is 3.30. The number of hydrogen-bond donors (Lipinski definition) is 0. The second-order valence-corrected chi connectivity index (χ2v) is 2.64. The van der Waals surface area contributed by atoms with Crippen LogP contribution in [0.4, 0.5) is 8.78 Å². The van der Waals surface area contributed by atoms with Crippen LogP contribution in [0, 0.1) is 21.3 Å². The first kappa shape index (κ1) is 6.92. The molecule has 0 aromatic heterocycles. The van der Waals surface area contributed by atoms with Gasteiger partial charge in [0, 0.05) is 6.07 Å². The maximum Gasteiger partial charge on any atom is 0.137 e. The van der Waals surface area contributed by atoms with Crippen LogP contribution in [-0.4, -0.2) is 0 Å². The lowest BCUT2D eigenvalue weighted by Gasteiger charge is -1.90. The van der Waals surface area contributed by atoms with Gasteiger partial charge >= 0.3 is 0 Å². The van der Waals surface area contributed by atoms with Crippen molar-refractivity contribution in [1.29, 1.82) is 0 Å². The monoisotopic (exact) mass is 239 g/mol. The minimum absolute atomic E-state index is 0.281. The fourth-order valence-corrected chi connectivity index (χ4v) is 0.852. The van der Waals surface area contributed by atoms with Crippen molar-refractivity contribution in [2.75, 3.05) is 0 Å². The van der Waals surface area contributed by atoms with Gasteiger partial charge in [-0.15, -0.1) is 0 Å². The Kier molecular flexibility index (Phi) is 2.00. The van der Waals surface area contributed by atoms with Crippen molar-refractivity contribution in [2.24, 2.45) is 0 Å². The molecule has 0 heterocycles. The summed E-state index contributed by atoms with van der Waals surface area (Å²) in [4.78, 5) is 0. The van der Waals surface area contributed by atoms with E-state index in [1.54, 1.807) is 22.6 Å². The van der Waals surface area contributed by atoms with Gasteiger partial charge in [0.15, 0.2) is 0 Å². The van der Waals surface area contributed by atoms with Crippen molar-refractivity contribution in [3.63, 3.8) is 0 Å². The molecule has 0 saturated heterocycles. The molecule has 0 aliphatic rings. The van der Waals surface area contributed by atoms with Crippen molar-refractivity contribution in [1.82, 2.24) is 0 Å². The van der Waals surface area contributed by atoms with Gasteiger partial charge in [0.1, 0.15) is 11.6 Å². The second kappa shape index (κ2) is 2.60. The first-order valence-electron chi connectivity index (χ1n) is 2.22.